The molecule has 36 heavy (non-hydrogen) atoms. The Kier molecular flexibility index (Phi) is 8.66. The first kappa shape index (κ1) is 25.8. The molecule has 2 aromatic carbocycles. The molecule has 1 fully saturated rings. The van der Waals surface area contributed by atoms with Crippen LogP contribution in [-0.2, 0) is 9.53 Å². The number of thioether (sulfide) groups is 1. The SMILES string of the molecule is COc1cc(/C=C/C(=O)CC2=NC(=NCC3CCCO3)SC(c3ccc(O)c(OC)c3)C2)ccc1O. The van der Waals surface area contributed by atoms with E-state index in [-0.39, 0.29) is 35.1 Å². The second-order valence-corrected chi connectivity index (χ2v) is 9.76. The molecule has 0 radical (unpaired) electrons. The average molecular weight is 511 g/mol. The number of nitrogens with zero attached hydrogens (tertiary/aromatic N) is 2. The van der Waals surface area contributed by atoms with Gasteiger partial charge in [-0.15, -0.1) is 0 Å². The predicted octanol–water partition coefficient (Wildman–Crippen LogP) is 4.94. The quantitative estimate of drug-likeness (QED) is 0.460. The van der Waals surface area contributed by atoms with Gasteiger partial charge in [-0.1, -0.05) is 30.0 Å². The summed E-state index contributed by atoms with van der Waals surface area (Å²) in [5, 5.41) is 20.4. The molecule has 0 saturated carbocycles. The largest absolute Gasteiger partial charge is 0.504 e. The molecule has 2 atom stereocenters. The predicted molar refractivity (Wildman–Crippen MR) is 142 cm³/mol. The Labute approximate surface area is 214 Å². The average Bonchev–Trinajstić information content (AvgIpc) is 3.41. The third-order valence-corrected chi connectivity index (χ3v) is 7.15. The molecule has 2 aromatic rings. The summed E-state index contributed by atoms with van der Waals surface area (Å²) < 4.78 is 16.1. The van der Waals surface area contributed by atoms with Gasteiger partial charge in [-0.2, -0.15) is 0 Å². The van der Waals surface area contributed by atoms with E-state index in [0.29, 0.717) is 29.6 Å². The van der Waals surface area contributed by atoms with Crippen LogP contribution in [0, 0.1) is 0 Å². The number of hydrogen-bond acceptors (Lipinski definition) is 8. The van der Waals surface area contributed by atoms with Gasteiger partial charge in [-0.3, -0.25) is 9.79 Å². The second kappa shape index (κ2) is 12.1. The lowest BCUT2D eigenvalue weighted by Gasteiger charge is -2.23. The number of amidine groups is 1. The summed E-state index contributed by atoms with van der Waals surface area (Å²) in [6, 6.07) is 10.2. The summed E-state index contributed by atoms with van der Waals surface area (Å²) >= 11 is 1.54. The maximum atomic E-state index is 12.8. The van der Waals surface area contributed by atoms with Crippen LogP contribution in [0.2, 0.25) is 0 Å². The fraction of sp³-hybridized carbons (Fsp3) is 0.370. The van der Waals surface area contributed by atoms with E-state index in [1.807, 2.05) is 12.1 Å². The zero-order valence-corrected chi connectivity index (χ0v) is 21.2. The van der Waals surface area contributed by atoms with E-state index in [0.717, 1.165) is 36.3 Å². The van der Waals surface area contributed by atoms with Crippen LogP contribution in [0.4, 0.5) is 0 Å². The van der Waals surface area contributed by atoms with Crippen molar-refractivity contribution in [2.24, 2.45) is 9.98 Å². The van der Waals surface area contributed by atoms with Crippen LogP contribution < -0.4 is 9.47 Å². The highest BCUT2D eigenvalue weighted by Crippen LogP contribution is 2.41. The van der Waals surface area contributed by atoms with Crippen LogP contribution in [0.5, 0.6) is 23.0 Å². The number of allylic oxidation sites excluding steroid dienone is 1. The first-order valence-electron chi connectivity index (χ1n) is 11.8. The van der Waals surface area contributed by atoms with Crippen molar-refractivity contribution in [2.45, 2.75) is 37.0 Å². The number of ether oxygens (including phenoxy) is 3. The number of ketones is 1. The molecule has 2 unspecified atom stereocenters. The van der Waals surface area contributed by atoms with Gasteiger partial charge >= 0.3 is 0 Å². The minimum Gasteiger partial charge on any atom is -0.504 e. The Hall–Kier alpha value is -3.30. The summed E-state index contributed by atoms with van der Waals surface area (Å²) in [5.41, 5.74) is 2.45. The summed E-state index contributed by atoms with van der Waals surface area (Å²) in [5.74, 6) is 0.778. The summed E-state index contributed by atoms with van der Waals surface area (Å²) in [6.45, 7) is 1.31. The number of benzene rings is 2. The number of aliphatic imine (C=N–C) groups is 2. The summed E-state index contributed by atoms with van der Waals surface area (Å²) in [4.78, 5) is 22.2. The van der Waals surface area contributed by atoms with Crippen LogP contribution in [0.3, 0.4) is 0 Å². The molecule has 0 bridgehead atoms. The van der Waals surface area contributed by atoms with Crippen molar-refractivity contribution >= 4 is 34.5 Å². The molecule has 2 N–H and O–H groups in total. The van der Waals surface area contributed by atoms with Gasteiger partial charge in [-0.25, -0.2) is 4.99 Å². The van der Waals surface area contributed by atoms with Gasteiger partial charge < -0.3 is 24.4 Å². The minimum absolute atomic E-state index is 0.0200. The van der Waals surface area contributed by atoms with E-state index in [1.54, 1.807) is 36.0 Å². The lowest BCUT2D eigenvalue weighted by Crippen LogP contribution is -2.18. The molecule has 0 amide bonds. The van der Waals surface area contributed by atoms with Crippen molar-refractivity contribution in [3.63, 3.8) is 0 Å². The zero-order valence-electron chi connectivity index (χ0n) is 20.3. The van der Waals surface area contributed by atoms with Crippen LogP contribution in [0.25, 0.3) is 6.08 Å². The van der Waals surface area contributed by atoms with Gasteiger partial charge in [0.05, 0.1) is 26.9 Å². The lowest BCUT2D eigenvalue weighted by molar-refractivity contribution is -0.113. The van der Waals surface area contributed by atoms with Gasteiger partial charge in [0.2, 0.25) is 0 Å². The standard InChI is InChI=1S/C27H30N2O6S/c1-33-24-12-17(6-9-22(24)31)5-8-20(30)14-19-15-26(18-7-10-23(32)25(13-18)34-2)36-27(29-19)28-16-21-4-3-11-35-21/h5-10,12-13,21,26,31-32H,3-4,11,14-16H2,1-2H3/b8-5+,28-27?. The van der Waals surface area contributed by atoms with Gasteiger partial charge in [0.1, 0.15) is 0 Å². The van der Waals surface area contributed by atoms with E-state index >= 15 is 0 Å². The van der Waals surface area contributed by atoms with Crippen molar-refractivity contribution in [1.29, 1.82) is 0 Å². The highest BCUT2D eigenvalue weighted by atomic mass is 32.2. The molecule has 0 aliphatic carbocycles. The number of methoxy groups -OCH3 is 2. The van der Waals surface area contributed by atoms with Crippen molar-refractivity contribution in [1.82, 2.24) is 0 Å². The molecule has 0 spiro atoms. The summed E-state index contributed by atoms with van der Waals surface area (Å²) in [6.07, 6.45) is 6.08. The molecule has 2 aliphatic rings. The fourth-order valence-electron chi connectivity index (χ4n) is 4.07. The Balaban J connectivity index is 1.51. The van der Waals surface area contributed by atoms with E-state index < -0.39 is 0 Å². The van der Waals surface area contributed by atoms with E-state index in [1.165, 1.54) is 26.4 Å². The van der Waals surface area contributed by atoms with Crippen LogP contribution in [0.1, 0.15) is 42.1 Å². The molecule has 0 aromatic heterocycles. The van der Waals surface area contributed by atoms with Crippen LogP contribution in [0.15, 0.2) is 52.5 Å². The van der Waals surface area contributed by atoms with Crippen LogP contribution >= 0.6 is 11.8 Å². The Morgan fingerprint density at radius 1 is 1.17 bits per heavy atom. The highest BCUT2D eigenvalue weighted by molar-refractivity contribution is 8.14. The topological polar surface area (TPSA) is 110 Å². The molecular formula is C27H30N2O6S. The van der Waals surface area contributed by atoms with Gasteiger partial charge in [0.15, 0.2) is 33.9 Å². The third kappa shape index (κ3) is 6.67. The van der Waals surface area contributed by atoms with Crippen molar-refractivity contribution in [3.8, 4) is 23.0 Å². The maximum Gasteiger partial charge on any atom is 0.183 e. The molecular weight excluding hydrogens is 480 g/mol. The molecule has 4 rings (SSSR count). The first-order valence-corrected chi connectivity index (χ1v) is 12.7. The molecule has 1 saturated heterocycles. The van der Waals surface area contributed by atoms with E-state index in [4.69, 9.17) is 24.2 Å². The Bertz CT molecular complexity index is 1190. The normalized spacial score (nSPS) is 21.1. The number of phenols is 2. The van der Waals surface area contributed by atoms with E-state index in [2.05, 4.69) is 0 Å². The van der Waals surface area contributed by atoms with Gasteiger partial charge in [0, 0.05) is 30.4 Å². The number of aromatic hydroxyl groups is 2. The fourth-order valence-corrected chi connectivity index (χ4v) is 5.21. The van der Waals surface area contributed by atoms with Crippen molar-refractivity contribution in [2.75, 3.05) is 27.4 Å². The minimum atomic E-state index is -0.0896. The molecule has 2 aliphatic heterocycles. The number of carbonyl (C=O) groups excluding carboxylic acids is 1. The number of carbonyl (C=O) groups is 1. The molecule has 2 heterocycles. The van der Waals surface area contributed by atoms with Crippen molar-refractivity contribution < 1.29 is 29.2 Å². The van der Waals surface area contributed by atoms with E-state index in [9.17, 15) is 15.0 Å². The maximum absolute atomic E-state index is 12.8. The Morgan fingerprint density at radius 2 is 1.92 bits per heavy atom. The second-order valence-electron chi connectivity index (χ2n) is 8.59. The monoisotopic (exact) mass is 510 g/mol. The number of hydrogen-bond donors (Lipinski definition) is 2. The highest BCUT2D eigenvalue weighted by Gasteiger charge is 2.26. The number of phenolic OH excluding ortho intramolecular Hbond substituents is 2. The first-order chi connectivity index (χ1) is 17.4. The number of rotatable bonds is 9. The van der Waals surface area contributed by atoms with Crippen molar-refractivity contribution in [3.05, 3.63) is 53.6 Å². The smallest absolute Gasteiger partial charge is 0.183 e. The molecule has 190 valence electrons. The summed E-state index contributed by atoms with van der Waals surface area (Å²) in [7, 11) is 2.99. The Morgan fingerprint density at radius 3 is 2.64 bits per heavy atom. The zero-order chi connectivity index (χ0) is 25.5. The van der Waals surface area contributed by atoms with Crippen LogP contribution in [-0.4, -0.2) is 60.4 Å². The third-order valence-electron chi connectivity index (χ3n) is 6.00. The molecule has 9 heteroatoms. The van der Waals surface area contributed by atoms with Gasteiger partial charge in [0.25, 0.3) is 0 Å². The lowest BCUT2D eigenvalue weighted by atomic mass is 10.0. The van der Waals surface area contributed by atoms with Gasteiger partial charge in [-0.05, 0) is 54.3 Å². The molecule has 8 nitrogen and oxygen atoms in total.